The minimum Gasteiger partial charge on any atom is -0.375 e. The smallest absolute Gasteiger partial charge is 0.146 e. The van der Waals surface area contributed by atoms with Gasteiger partial charge in [0.1, 0.15) is 5.78 Å². The first-order valence-electron chi connectivity index (χ1n) is 9.92. The Morgan fingerprint density at radius 1 is 1.04 bits per heavy atom. The molecule has 0 amide bonds. The van der Waals surface area contributed by atoms with Gasteiger partial charge in [0.15, 0.2) is 0 Å². The van der Waals surface area contributed by atoms with Crippen molar-refractivity contribution in [2.24, 2.45) is 0 Å². The number of nitrogens with zero attached hydrogens (tertiary/aromatic N) is 2. The first kappa shape index (κ1) is 19.8. The van der Waals surface area contributed by atoms with Gasteiger partial charge in [-0.2, -0.15) is 0 Å². The fourth-order valence-corrected chi connectivity index (χ4v) is 3.62. The monoisotopic (exact) mass is 339 g/mol. The number of ether oxygens (including phenoxy) is 1. The average molecular weight is 340 g/mol. The number of carbonyl (C=O) groups is 1. The van der Waals surface area contributed by atoms with Crippen molar-refractivity contribution in [2.45, 2.75) is 71.1 Å². The topological polar surface area (TPSA) is 44.8 Å². The zero-order valence-corrected chi connectivity index (χ0v) is 15.9. The van der Waals surface area contributed by atoms with E-state index in [1.54, 1.807) is 0 Å². The maximum absolute atomic E-state index is 11.5. The maximum atomic E-state index is 11.5. The van der Waals surface area contributed by atoms with Gasteiger partial charge in [0.05, 0.1) is 18.8 Å². The molecule has 2 aliphatic rings. The van der Waals surface area contributed by atoms with E-state index in [0.29, 0.717) is 37.0 Å². The summed E-state index contributed by atoms with van der Waals surface area (Å²) in [5, 5.41) is 3.49. The molecule has 0 aromatic carbocycles. The third-order valence-electron chi connectivity index (χ3n) is 5.23. The van der Waals surface area contributed by atoms with Gasteiger partial charge in [0.25, 0.3) is 0 Å². The van der Waals surface area contributed by atoms with Crippen LogP contribution in [0.2, 0.25) is 0 Å². The standard InChI is InChI=1S/C19H37N3O2/c1-4-17(23)15-22-12-7-19(8-13-22)24-18-5-10-21(11-6-18)14-9-20-16(2)3/h16,18-20H,4-15H2,1-3H3. The SMILES string of the molecule is CCC(=O)CN1CCC(OC2CCN(CCNC(C)C)CC2)CC1. The summed E-state index contributed by atoms with van der Waals surface area (Å²) in [6, 6.07) is 0.573. The Bertz CT molecular complexity index is 360. The lowest BCUT2D eigenvalue weighted by Gasteiger charge is -2.37. The zero-order chi connectivity index (χ0) is 17.4. The van der Waals surface area contributed by atoms with Crippen molar-refractivity contribution < 1.29 is 9.53 Å². The largest absolute Gasteiger partial charge is 0.375 e. The Kier molecular flexibility index (Phi) is 8.67. The van der Waals surface area contributed by atoms with Gasteiger partial charge in [0.2, 0.25) is 0 Å². The molecule has 24 heavy (non-hydrogen) atoms. The highest BCUT2D eigenvalue weighted by Crippen LogP contribution is 2.20. The number of hydrogen-bond acceptors (Lipinski definition) is 5. The molecule has 2 heterocycles. The first-order valence-corrected chi connectivity index (χ1v) is 9.92. The van der Waals surface area contributed by atoms with E-state index in [-0.39, 0.29) is 0 Å². The molecule has 5 nitrogen and oxygen atoms in total. The molecule has 0 saturated carbocycles. The van der Waals surface area contributed by atoms with Gasteiger partial charge in [-0.3, -0.25) is 9.69 Å². The van der Waals surface area contributed by atoms with Crippen molar-refractivity contribution in [1.29, 1.82) is 0 Å². The highest BCUT2D eigenvalue weighted by atomic mass is 16.5. The average Bonchev–Trinajstić information content (AvgIpc) is 2.58. The Morgan fingerprint density at radius 3 is 2.08 bits per heavy atom. The third-order valence-corrected chi connectivity index (χ3v) is 5.23. The van der Waals surface area contributed by atoms with Crippen LogP contribution in [-0.2, 0) is 9.53 Å². The minimum atomic E-state index is 0.355. The van der Waals surface area contributed by atoms with Gasteiger partial charge in [-0.25, -0.2) is 0 Å². The molecule has 0 aliphatic carbocycles. The number of piperidine rings is 2. The molecule has 2 rings (SSSR count). The lowest BCUT2D eigenvalue weighted by molar-refractivity contribution is -0.121. The number of nitrogens with one attached hydrogen (secondary N) is 1. The molecule has 1 N–H and O–H groups in total. The van der Waals surface area contributed by atoms with Crippen LogP contribution in [0, 0.1) is 0 Å². The number of ketones is 1. The number of hydrogen-bond donors (Lipinski definition) is 1. The van der Waals surface area contributed by atoms with Crippen LogP contribution >= 0.6 is 0 Å². The van der Waals surface area contributed by atoms with E-state index in [2.05, 4.69) is 29.0 Å². The maximum Gasteiger partial charge on any atom is 0.146 e. The lowest BCUT2D eigenvalue weighted by Crippen LogP contribution is -2.44. The van der Waals surface area contributed by atoms with Gasteiger partial charge in [-0.05, 0) is 25.7 Å². The second-order valence-corrected chi connectivity index (χ2v) is 7.65. The summed E-state index contributed by atoms with van der Waals surface area (Å²) in [5.41, 5.74) is 0. The van der Waals surface area contributed by atoms with E-state index in [9.17, 15) is 4.79 Å². The molecule has 0 aromatic rings. The Balaban J connectivity index is 1.57. The number of Topliss-reactive ketones (excluding diaryl/α,β-unsaturated/α-hetero) is 1. The van der Waals surface area contributed by atoms with E-state index in [4.69, 9.17) is 4.74 Å². The van der Waals surface area contributed by atoms with Crippen molar-refractivity contribution in [3.8, 4) is 0 Å². The highest BCUT2D eigenvalue weighted by molar-refractivity contribution is 5.80. The van der Waals surface area contributed by atoms with E-state index < -0.39 is 0 Å². The molecule has 5 heteroatoms. The summed E-state index contributed by atoms with van der Waals surface area (Å²) in [4.78, 5) is 16.4. The predicted molar refractivity (Wildman–Crippen MR) is 98.4 cm³/mol. The molecule has 2 saturated heterocycles. The lowest BCUT2D eigenvalue weighted by atomic mass is 10.0. The van der Waals surface area contributed by atoms with Crippen molar-refractivity contribution in [1.82, 2.24) is 15.1 Å². The quantitative estimate of drug-likeness (QED) is 0.695. The van der Waals surface area contributed by atoms with Crippen LogP contribution in [0.1, 0.15) is 52.9 Å². The molecule has 140 valence electrons. The van der Waals surface area contributed by atoms with Gasteiger partial charge >= 0.3 is 0 Å². The molecule has 0 aromatic heterocycles. The number of likely N-dealkylation sites (tertiary alicyclic amines) is 2. The minimum absolute atomic E-state index is 0.355. The summed E-state index contributed by atoms with van der Waals surface area (Å²) < 4.78 is 6.35. The van der Waals surface area contributed by atoms with Crippen molar-refractivity contribution in [2.75, 3.05) is 45.8 Å². The molecule has 0 spiro atoms. The highest BCUT2D eigenvalue weighted by Gasteiger charge is 2.26. The van der Waals surface area contributed by atoms with E-state index in [1.165, 1.54) is 0 Å². The Morgan fingerprint density at radius 2 is 1.58 bits per heavy atom. The fraction of sp³-hybridized carbons (Fsp3) is 0.947. The van der Waals surface area contributed by atoms with Crippen molar-refractivity contribution in [3.05, 3.63) is 0 Å². The zero-order valence-electron chi connectivity index (χ0n) is 15.9. The fourth-order valence-electron chi connectivity index (χ4n) is 3.62. The summed E-state index contributed by atoms with van der Waals surface area (Å²) in [6.45, 7) is 13.5. The van der Waals surface area contributed by atoms with Crippen LogP contribution in [0.5, 0.6) is 0 Å². The van der Waals surface area contributed by atoms with Crippen molar-refractivity contribution in [3.63, 3.8) is 0 Å². The predicted octanol–water partition coefficient (Wildman–Crippen LogP) is 1.91. The number of rotatable bonds is 9. The summed E-state index contributed by atoms with van der Waals surface area (Å²) in [7, 11) is 0. The Labute approximate surface area is 148 Å². The van der Waals surface area contributed by atoms with Crippen LogP contribution in [-0.4, -0.2) is 79.6 Å². The molecule has 0 atom stereocenters. The van der Waals surface area contributed by atoms with E-state index in [0.717, 1.165) is 65.0 Å². The molecule has 2 aliphatic heterocycles. The normalized spacial score (nSPS) is 22.3. The van der Waals surface area contributed by atoms with Gasteiger partial charge in [-0.15, -0.1) is 0 Å². The van der Waals surface area contributed by atoms with Crippen LogP contribution < -0.4 is 5.32 Å². The number of carbonyl (C=O) groups excluding carboxylic acids is 1. The molecular formula is C19H37N3O2. The van der Waals surface area contributed by atoms with Crippen LogP contribution in [0.15, 0.2) is 0 Å². The van der Waals surface area contributed by atoms with Crippen LogP contribution in [0.25, 0.3) is 0 Å². The second kappa shape index (κ2) is 10.5. The van der Waals surface area contributed by atoms with Gasteiger partial charge in [0, 0.05) is 51.7 Å². The van der Waals surface area contributed by atoms with Crippen LogP contribution in [0.3, 0.4) is 0 Å². The van der Waals surface area contributed by atoms with Gasteiger partial charge < -0.3 is 15.0 Å². The van der Waals surface area contributed by atoms with E-state index in [1.807, 2.05) is 6.92 Å². The van der Waals surface area contributed by atoms with Crippen molar-refractivity contribution >= 4 is 5.78 Å². The second-order valence-electron chi connectivity index (χ2n) is 7.65. The summed E-state index contributed by atoms with van der Waals surface area (Å²) in [6.07, 6.45) is 5.98. The van der Waals surface area contributed by atoms with Gasteiger partial charge in [-0.1, -0.05) is 20.8 Å². The first-order chi connectivity index (χ1) is 11.6. The third kappa shape index (κ3) is 7.18. The summed E-state index contributed by atoms with van der Waals surface area (Å²) >= 11 is 0. The molecule has 0 radical (unpaired) electrons. The summed E-state index contributed by atoms with van der Waals surface area (Å²) in [5.74, 6) is 0.355. The van der Waals surface area contributed by atoms with Crippen LogP contribution in [0.4, 0.5) is 0 Å². The molecule has 2 fully saturated rings. The molecule has 0 unspecified atom stereocenters. The molecular weight excluding hydrogens is 302 g/mol. The molecule has 0 bridgehead atoms. The van der Waals surface area contributed by atoms with E-state index >= 15 is 0 Å². The Hall–Kier alpha value is -0.490.